The first kappa shape index (κ1) is 17.7. The second kappa shape index (κ2) is 8.73. The second-order valence-corrected chi connectivity index (χ2v) is 6.06. The van der Waals surface area contributed by atoms with Gasteiger partial charge in [-0.1, -0.05) is 6.92 Å². The Balaban J connectivity index is 4.62. The van der Waals surface area contributed by atoms with Gasteiger partial charge in [0.1, 0.15) is 0 Å². The Hall–Kier alpha value is 0.690. The van der Waals surface area contributed by atoms with E-state index in [0.717, 1.165) is 0 Å². The summed E-state index contributed by atoms with van der Waals surface area (Å²) in [5.41, 5.74) is 0. The Morgan fingerprint density at radius 3 is 1.59 bits per heavy atom. The molecule has 104 valence electrons. The Labute approximate surface area is 114 Å². The highest BCUT2D eigenvalue weighted by Crippen LogP contribution is 2.53. The fourth-order valence-electron chi connectivity index (χ4n) is 0.867. The number of phosphoric ester groups is 1. The minimum atomic E-state index is -3.61. The average Bonchev–Trinajstić information content (AvgIpc) is 2.27. The molecule has 0 fully saturated rings. The van der Waals surface area contributed by atoms with Crippen LogP contribution in [0.2, 0.25) is 0 Å². The van der Waals surface area contributed by atoms with E-state index in [1.807, 2.05) is 6.92 Å². The molecular formula is C10H21Cl2O4P. The molecule has 0 aromatic rings. The van der Waals surface area contributed by atoms with Gasteiger partial charge < -0.3 is 0 Å². The predicted octanol–water partition coefficient (Wildman–Crippen LogP) is 4.20. The molecular weight excluding hydrogens is 286 g/mol. The second-order valence-electron chi connectivity index (χ2n) is 3.91. The summed E-state index contributed by atoms with van der Waals surface area (Å²) in [7, 11) is -3.61. The number of rotatable bonds is 9. The molecule has 0 aliphatic rings. The number of alkyl halides is 2. The molecule has 3 unspecified atom stereocenters. The fourth-order valence-corrected chi connectivity index (χ4v) is 2.94. The van der Waals surface area contributed by atoms with Gasteiger partial charge in [0.05, 0.1) is 18.3 Å². The third-order valence-electron chi connectivity index (χ3n) is 1.94. The fraction of sp³-hybridized carbons (Fsp3) is 1.00. The van der Waals surface area contributed by atoms with Crippen LogP contribution in [0.4, 0.5) is 0 Å². The van der Waals surface area contributed by atoms with Crippen LogP contribution in [0.15, 0.2) is 0 Å². The molecule has 0 saturated heterocycles. The molecule has 0 heterocycles. The van der Waals surface area contributed by atoms with Crippen LogP contribution < -0.4 is 0 Å². The lowest BCUT2D eigenvalue weighted by molar-refractivity contribution is 0.0521. The summed E-state index contributed by atoms with van der Waals surface area (Å²) in [4.78, 5) is 0. The van der Waals surface area contributed by atoms with Crippen molar-refractivity contribution < 1.29 is 18.1 Å². The molecule has 0 aliphatic carbocycles. The van der Waals surface area contributed by atoms with E-state index >= 15 is 0 Å². The van der Waals surface area contributed by atoms with E-state index in [4.69, 9.17) is 36.8 Å². The van der Waals surface area contributed by atoms with E-state index in [1.165, 1.54) is 0 Å². The Kier molecular flexibility index (Phi) is 9.09. The van der Waals surface area contributed by atoms with Crippen molar-refractivity contribution in [3.05, 3.63) is 0 Å². The van der Waals surface area contributed by atoms with Crippen molar-refractivity contribution in [2.24, 2.45) is 0 Å². The molecule has 0 radical (unpaired) electrons. The summed E-state index contributed by atoms with van der Waals surface area (Å²) in [6, 6.07) is 0. The van der Waals surface area contributed by atoms with E-state index in [1.54, 1.807) is 20.8 Å². The molecule has 4 nitrogen and oxygen atoms in total. The van der Waals surface area contributed by atoms with Crippen LogP contribution in [-0.4, -0.2) is 30.1 Å². The largest absolute Gasteiger partial charge is 0.475 e. The van der Waals surface area contributed by atoms with Crippen molar-refractivity contribution in [3.63, 3.8) is 0 Å². The third kappa shape index (κ3) is 7.66. The maximum atomic E-state index is 12.3. The molecule has 0 N–H and O–H groups in total. The summed E-state index contributed by atoms with van der Waals surface area (Å²) in [6.45, 7) is 7.13. The van der Waals surface area contributed by atoms with Crippen LogP contribution in [0.3, 0.4) is 0 Å². The highest BCUT2D eigenvalue weighted by atomic mass is 35.5. The Bertz CT molecular complexity index is 214. The van der Waals surface area contributed by atoms with Crippen molar-refractivity contribution >= 4 is 31.0 Å². The Morgan fingerprint density at radius 2 is 1.29 bits per heavy atom. The van der Waals surface area contributed by atoms with E-state index in [2.05, 4.69) is 0 Å². The molecule has 0 aromatic heterocycles. The zero-order valence-electron chi connectivity index (χ0n) is 10.7. The summed E-state index contributed by atoms with van der Waals surface area (Å²) >= 11 is 11.2. The molecule has 0 aromatic carbocycles. The molecule has 0 bridgehead atoms. The lowest BCUT2D eigenvalue weighted by atomic mass is 10.3. The molecule has 17 heavy (non-hydrogen) atoms. The van der Waals surface area contributed by atoms with E-state index in [9.17, 15) is 4.57 Å². The van der Waals surface area contributed by atoms with Crippen molar-refractivity contribution in [2.45, 2.75) is 52.4 Å². The first-order chi connectivity index (χ1) is 7.86. The molecule has 0 spiro atoms. The van der Waals surface area contributed by atoms with Gasteiger partial charge in [-0.25, -0.2) is 4.57 Å². The van der Waals surface area contributed by atoms with Crippen LogP contribution in [-0.2, 0) is 18.1 Å². The standard InChI is InChI=1S/C10H21Cl2O4P/c1-5-8(2)14-17(13,15-9(3)6-11)16-10(4)7-12/h8-10H,5-7H2,1-4H3/t8?,9-,10?,17?/m0/s1. The smallest absolute Gasteiger partial charge is 0.284 e. The quantitative estimate of drug-likeness (QED) is 0.473. The van der Waals surface area contributed by atoms with Crippen LogP contribution in [0.25, 0.3) is 0 Å². The van der Waals surface area contributed by atoms with Crippen molar-refractivity contribution in [1.29, 1.82) is 0 Å². The van der Waals surface area contributed by atoms with Gasteiger partial charge in [-0.15, -0.1) is 23.2 Å². The zero-order chi connectivity index (χ0) is 13.5. The van der Waals surface area contributed by atoms with Gasteiger partial charge >= 0.3 is 7.82 Å². The summed E-state index contributed by atoms with van der Waals surface area (Å²) in [6.07, 6.45) is -0.324. The van der Waals surface area contributed by atoms with Gasteiger partial charge in [-0.2, -0.15) is 0 Å². The van der Waals surface area contributed by atoms with Crippen molar-refractivity contribution in [3.8, 4) is 0 Å². The number of phosphoric acid groups is 1. The topological polar surface area (TPSA) is 44.8 Å². The van der Waals surface area contributed by atoms with Crippen molar-refractivity contribution in [1.82, 2.24) is 0 Å². The molecule has 7 heteroatoms. The van der Waals surface area contributed by atoms with Crippen LogP contribution in [0, 0.1) is 0 Å². The minimum absolute atomic E-state index is 0.215. The molecule has 0 rings (SSSR count). The summed E-state index contributed by atoms with van der Waals surface area (Å²) in [5.74, 6) is 0.430. The van der Waals surface area contributed by atoms with Gasteiger partial charge in [0.2, 0.25) is 0 Å². The van der Waals surface area contributed by atoms with Gasteiger partial charge in [0.15, 0.2) is 0 Å². The maximum absolute atomic E-state index is 12.3. The number of hydrogen-bond acceptors (Lipinski definition) is 4. The molecule has 4 atom stereocenters. The molecule has 0 amide bonds. The van der Waals surface area contributed by atoms with Gasteiger partial charge in [0, 0.05) is 11.8 Å². The third-order valence-corrected chi connectivity index (χ3v) is 4.66. The Morgan fingerprint density at radius 1 is 0.941 bits per heavy atom. The SMILES string of the molecule is CCC(C)OP(=O)(OC(C)CCl)O[C@@H](C)CCl. The van der Waals surface area contributed by atoms with Gasteiger partial charge in [0.25, 0.3) is 0 Å². The van der Waals surface area contributed by atoms with Crippen LogP contribution in [0.1, 0.15) is 34.1 Å². The van der Waals surface area contributed by atoms with Gasteiger partial charge in [-0.05, 0) is 27.2 Å². The zero-order valence-corrected chi connectivity index (χ0v) is 13.1. The van der Waals surface area contributed by atoms with E-state index in [0.29, 0.717) is 6.42 Å². The average molecular weight is 307 g/mol. The normalized spacial score (nSPS) is 20.6. The van der Waals surface area contributed by atoms with E-state index < -0.39 is 20.0 Å². The first-order valence-corrected chi connectivity index (χ1v) is 8.17. The van der Waals surface area contributed by atoms with Gasteiger partial charge in [-0.3, -0.25) is 13.6 Å². The van der Waals surface area contributed by atoms with Crippen molar-refractivity contribution in [2.75, 3.05) is 11.8 Å². The van der Waals surface area contributed by atoms with Crippen LogP contribution >= 0.6 is 31.0 Å². The lowest BCUT2D eigenvalue weighted by Crippen LogP contribution is -2.18. The minimum Gasteiger partial charge on any atom is -0.284 e. The summed E-state index contributed by atoms with van der Waals surface area (Å²) < 4.78 is 28.2. The highest BCUT2D eigenvalue weighted by Gasteiger charge is 2.33. The van der Waals surface area contributed by atoms with Crippen LogP contribution in [0.5, 0.6) is 0 Å². The summed E-state index contributed by atoms with van der Waals surface area (Å²) in [5, 5.41) is 0. The monoisotopic (exact) mass is 306 g/mol. The first-order valence-electron chi connectivity index (χ1n) is 5.64. The number of hydrogen-bond donors (Lipinski definition) is 0. The lowest BCUT2D eigenvalue weighted by Gasteiger charge is -2.25. The van der Waals surface area contributed by atoms with E-state index in [-0.39, 0.29) is 17.9 Å². The number of halogens is 2. The predicted molar refractivity (Wildman–Crippen MR) is 71.0 cm³/mol. The maximum Gasteiger partial charge on any atom is 0.475 e. The molecule has 0 aliphatic heterocycles. The highest BCUT2D eigenvalue weighted by molar-refractivity contribution is 7.48. The molecule has 0 saturated carbocycles.